The van der Waals surface area contributed by atoms with E-state index in [0.717, 1.165) is 11.1 Å². The van der Waals surface area contributed by atoms with Gasteiger partial charge in [-0.25, -0.2) is 0 Å². The molecule has 0 atom stereocenters. The van der Waals surface area contributed by atoms with Crippen molar-refractivity contribution in [2.24, 2.45) is 7.05 Å². The van der Waals surface area contributed by atoms with E-state index in [9.17, 15) is 4.79 Å². The Bertz CT molecular complexity index is 834. The van der Waals surface area contributed by atoms with Crippen molar-refractivity contribution < 1.29 is 4.74 Å². The lowest BCUT2D eigenvalue weighted by molar-refractivity contribution is 0.112. The molecule has 0 unspecified atom stereocenters. The topological polar surface area (TPSA) is 62.2 Å². The van der Waals surface area contributed by atoms with Crippen LogP contribution in [0.5, 0.6) is 0 Å². The number of nitrogens with zero attached hydrogens (tertiary/aromatic N) is 2. The molecule has 2 aromatic heterocycles. The van der Waals surface area contributed by atoms with E-state index in [-0.39, 0.29) is 5.56 Å². The maximum absolute atomic E-state index is 12.4. The van der Waals surface area contributed by atoms with E-state index >= 15 is 0 Å². The fourth-order valence-corrected chi connectivity index (χ4v) is 2.58. The van der Waals surface area contributed by atoms with Crippen molar-refractivity contribution >= 4 is 16.6 Å². The van der Waals surface area contributed by atoms with Crippen LogP contribution in [0.4, 0.5) is 5.69 Å². The van der Waals surface area contributed by atoms with Gasteiger partial charge in [-0.05, 0) is 11.6 Å². The Morgan fingerprint density at radius 2 is 1.95 bits per heavy atom. The predicted octanol–water partition coefficient (Wildman–Crippen LogP) is 2.14. The first-order valence-electron chi connectivity index (χ1n) is 7.22. The molecule has 0 fully saturated rings. The van der Waals surface area contributed by atoms with Crippen molar-refractivity contribution in [1.29, 1.82) is 0 Å². The monoisotopic (exact) mass is 297 g/mol. The summed E-state index contributed by atoms with van der Waals surface area (Å²) in [5, 5.41) is 0.577. The summed E-state index contributed by atoms with van der Waals surface area (Å²) in [6.07, 6.45) is 3.55. The number of rotatable bonds is 5. The van der Waals surface area contributed by atoms with Crippen LogP contribution in [-0.2, 0) is 24.9 Å². The van der Waals surface area contributed by atoms with Crippen LogP contribution < -0.4 is 11.3 Å². The van der Waals surface area contributed by atoms with Gasteiger partial charge in [0.05, 0.1) is 29.8 Å². The van der Waals surface area contributed by atoms with E-state index in [1.54, 1.807) is 17.0 Å². The predicted molar refractivity (Wildman–Crippen MR) is 87.7 cm³/mol. The van der Waals surface area contributed by atoms with Gasteiger partial charge in [-0.2, -0.15) is 0 Å². The molecule has 0 spiro atoms. The van der Waals surface area contributed by atoms with Crippen LogP contribution in [0, 0.1) is 0 Å². The normalized spacial score (nSPS) is 11.1. The summed E-state index contributed by atoms with van der Waals surface area (Å²) in [4.78, 5) is 12.4. The number of nitrogen functional groups attached to an aromatic ring is 1. The first kappa shape index (κ1) is 14.4. The summed E-state index contributed by atoms with van der Waals surface area (Å²) in [5.74, 6) is 0. The Balaban J connectivity index is 1.68. The van der Waals surface area contributed by atoms with Crippen LogP contribution in [0.3, 0.4) is 0 Å². The van der Waals surface area contributed by atoms with E-state index in [1.165, 1.54) is 0 Å². The number of anilines is 1. The second-order valence-corrected chi connectivity index (χ2v) is 5.31. The summed E-state index contributed by atoms with van der Waals surface area (Å²) in [6, 6.07) is 11.9. The number of hydrogen-bond donors (Lipinski definition) is 1. The SMILES string of the molecule is Cn1cc(N)c2c(=O)n(CCOCc3ccccc3)ccc21. The number of nitrogens with two attached hydrogens (primary N) is 1. The molecule has 5 heteroatoms. The third-order valence-corrected chi connectivity index (χ3v) is 3.73. The minimum Gasteiger partial charge on any atom is -0.397 e. The minimum absolute atomic E-state index is 0.0705. The van der Waals surface area contributed by atoms with Gasteiger partial charge in [-0.3, -0.25) is 4.79 Å². The Morgan fingerprint density at radius 1 is 1.18 bits per heavy atom. The summed E-state index contributed by atoms with van der Waals surface area (Å²) in [7, 11) is 1.88. The third kappa shape index (κ3) is 2.76. The Labute approximate surface area is 128 Å². The van der Waals surface area contributed by atoms with Crippen molar-refractivity contribution in [1.82, 2.24) is 9.13 Å². The molecule has 3 rings (SSSR count). The van der Waals surface area contributed by atoms with E-state index in [0.29, 0.717) is 30.8 Å². The molecule has 5 nitrogen and oxygen atoms in total. The van der Waals surface area contributed by atoms with Crippen LogP contribution >= 0.6 is 0 Å². The maximum Gasteiger partial charge on any atom is 0.262 e. The molecule has 0 bridgehead atoms. The van der Waals surface area contributed by atoms with E-state index < -0.39 is 0 Å². The summed E-state index contributed by atoms with van der Waals surface area (Å²) >= 11 is 0. The molecule has 2 heterocycles. The highest BCUT2D eigenvalue weighted by atomic mass is 16.5. The van der Waals surface area contributed by atoms with Gasteiger partial charge in [0, 0.05) is 26.0 Å². The molecule has 0 aliphatic heterocycles. The molecule has 0 saturated heterocycles. The van der Waals surface area contributed by atoms with Gasteiger partial charge in [0.25, 0.3) is 5.56 Å². The van der Waals surface area contributed by atoms with Gasteiger partial charge < -0.3 is 19.6 Å². The molecule has 22 heavy (non-hydrogen) atoms. The minimum atomic E-state index is -0.0705. The van der Waals surface area contributed by atoms with Gasteiger partial charge in [0.1, 0.15) is 0 Å². The van der Waals surface area contributed by atoms with Crippen molar-refractivity contribution in [3.63, 3.8) is 0 Å². The molecule has 0 saturated carbocycles. The second-order valence-electron chi connectivity index (χ2n) is 5.31. The lowest BCUT2D eigenvalue weighted by Gasteiger charge is -2.08. The highest BCUT2D eigenvalue weighted by Gasteiger charge is 2.09. The Kier molecular flexibility index (Phi) is 3.98. The smallest absolute Gasteiger partial charge is 0.262 e. The maximum atomic E-state index is 12.4. The molecule has 0 aliphatic rings. The first-order chi connectivity index (χ1) is 10.7. The van der Waals surface area contributed by atoms with Gasteiger partial charge in [0.2, 0.25) is 0 Å². The largest absolute Gasteiger partial charge is 0.397 e. The van der Waals surface area contributed by atoms with Crippen molar-refractivity contribution in [3.05, 3.63) is 64.7 Å². The van der Waals surface area contributed by atoms with Gasteiger partial charge in [0.15, 0.2) is 0 Å². The van der Waals surface area contributed by atoms with Gasteiger partial charge in [-0.15, -0.1) is 0 Å². The zero-order valence-electron chi connectivity index (χ0n) is 12.5. The highest BCUT2D eigenvalue weighted by molar-refractivity contribution is 5.90. The summed E-state index contributed by atoms with van der Waals surface area (Å²) < 4.78 is 9.14. The molecule has 0 aliphatic carbocycles. The number of benzene rings is 1. The fourth-order valence-electron chi connectivity index (χ4n) is 2.58. The van der Waals surface area contributed by atoms with Crippen LogP contribution in [0.15, 0.2) is 53.6 Å². The quantitative estimate of drug-likeness (QED) is 0.734. The molecular formula is C17H19N3O2. The van der Waals surface area contributed by atoms with E-state index in [4.69, 9.17) is 10.5 Å². The number of ether oxygens (including phenoxy) is 1. The number of pyridine rings is 1. The summed E-state index contributed by atoms with van der Waals surface area (Å²) in [5.41, 5.74) is 8.33. The average molecular weight is 297 g/mol. The average Bonchev–Trinajstić information content (AvgIpc) is 2.82. The zero-order valence-corrected chi connectivity index (χ0v) is 12.5. The molecule has 2 N–H and O–H groups in total. The lowest BCUT2D eigenvalue weighted by Crippen LogP contribution is -2.22. The summed E-state index contributed by atoms with van der Waals surface area (Å²) in [6.45, 7) is 1.54. The number of fused-ring (bicyclic) bond motifs is 1. The second kappa shape index (κ2) is 6.07. The standard InChI is InChI=1S/C17H19N3O2/c1-19-11-14(18)16-15(19)7-8-20(17(16)21)9-10-22-12-13-5-3-2-4-6-13/h2-8,11H,9-10,12,18H2,1H3. The van der Waals surface area contributed by atoms with Crippen LogP contribution in [-0.4, -0.2) is 15.7 Å². The Hall–Kier alpha value is -2.53. The lowest BCUT2D eigenvalue weighted by atomic mass is 10.2. The first-order valence-corrected chi connectivity index (χ1v) is 7.22. The Morgan fingerprint density at radius 3 is 2.73 bits per heavy atom. The van der Waals surface area contributed by atoms with Crippen molar-refractivity contribution in [3.8, 4) is 0 Å². The molecular weight excluding hydrogens is 278 g/mol. The van der Waals surface area contributed by atoms with Crippen LogP contribution in [0.2, 0.25) is 0 Å². The van der Waals surface area contributed by atoms with Crippen LogP contribution in [0.1, 0.15) is 5.56 Å². The van der Waals surface area contributed by atoms with Gasteiger partial charge in [-0.1, -0.05) is 30.3 Å². The number of aromatic nitrogens is 2. The molecule has 114 valence electrons. The highest BCUT2D eigenvalue weighted by Crippen LogP contribution is 2.18. The fraction of sp³-hybridized carbons (Fsp3) is 0.235. The van der Waals surface area contributed by atoms with Crippen molar-refractivity contribution in [2.45, 2.75) is 13.2 Å². The zero-order chi connectivity index (χ0) is 15.5. The van der Waals surface area contributed by atoms with Crippen molar-refractivity contribution in [2.75, 3.05) is 12.3 Å². The molecule has 3 aromatic rings. The van der Waals surface area contributed by atoms with Gasteiger partial charge >= 0.3 is 0 Å². The van der Waals surface area contributed by atoms with E-state index in [2.05, 4.69) is 0 Å². The third-order valence-electron chi connectivity index (χ3n) is 3.73. The number of hydrogen-bond acceptors (Lipinski definition) is 3. The molecule has 0 radical (unpaired) electrons. The molecule has 1 aromatic carbocycles. The van der Waals surface area contributed by atoms with E-state index in [1.807, 2.05) is 48.0 Å². The molecule has 0 amide bonds. The van der Waals surface area contributed by atoms with Crippen LogP contribution in [0.25, 0.3) is 10.9 Å². The number of aryl methyl sites for hydroxylation is 1.